The molecule has 6 heteroatoms. The molecule has 0 saturated heterocycles. The van der Waals surface area contributed by atoms with Crippen molar-refractivity contribution in [3.8, 4) is 0 Å². The average molecular weight is 286 g/mol. The minimum atomic E-state index is -4.70. The molecule has 18 heavy (non-hydrogen) atoms. The third-order valence-corrected chi connectivity index (χ3v) is 3.53. The van der Waals surface area contributed by atoms with Crippen molar-refractivity contribution in [2.45, 2.75) is 71.1 Å². The van der Waals surface area contributed by atoms with Gasteiger partial charge < -0.3 is 4.55 Å². The van der Waals surface area contributed by atoms with Crippen LogP contribution in [0.1, 0.15) is 71.1 Å². The van der Waals surface area contributed by atoms with Crippen LogP contribution in [0.3, 0.4) is 0 Å². The van der Waals surface area contributed by atoms with E-state index >= 15 is 0 Å². The molecule has 0 aromatic heterocycles. The second-order valence-corrected chi connectivity index (χ2v) is 5.77. The van der Waals surface area contributed by atoms with E-state index in [1.807, 2.05) is 0 Å². The van der Waals surface area contributed by atoms with E-state index in [2.05, 4.69) is 6.92 Å². The maximum Gasteiger partial charge on any atom is 1.00 e. The first kappa shape index (κ1) is 20.9. The Morgan fingerprint density at radius 3 is 1.67 bits per heavy atom. The van der Waals surface area contributed by atoms with Crippen LogP contribution in [0.4, 0.5) is 0 Å². The standard InChI is InChI=1S/C12H24O4S.Na/c1-2-3-4-5-6-7-8-9-10-11-12(13)17(14,15)16;/h2-11H2,1H3,(H,14,15,16);/q;+1/p-1. The van der Waals surface area contributed by atoms with Gasteiger partial charge in [-0.2, -0.15) is 0 Å². The summed E-state index contributed by atoms with van der Waals surface area (Å²) >= 11 is 0. The zero-order chi connectivity index (χ0) is 13.1. The maximum atomic E-state index is 10.8. The van der Waals surface area contributed by atoms with Crippen molar-refractivity contribution >= 4 is 15.2 Å². The van der Waals surface area contributed by atoms with Gasteiger partial charge in [0.2, 0.25) is 5.12 Å². The van der Waals surface area contributed by atoms with Gasteiger partial charge in [-0.25, -0.2) is 8.42 Å². The van der Waals surface area contributed by atoms with Crippen molar-refractivity contribution in [3.05, 3.63) is 0 Å². The number of unbranched alkanes of at least 4 members (excludes halogenated alkanes) is 8. The molecule has 0 unspecified atom stereocenters. The molecule has 0 heterocycles. The van der Waals surface area contributed by atoms with E-state index in [9.17, 15) is 17.8 Å². The van der Waals surface area contributed by atoms with Crippen LogP contribution in [0, 0.1) is 0 Å². The molecule has 0 aliphatic heterocycles. The molecule has 0 amide bonds. The van der Waals surface area contributed by atoms with Gasteiger partial charge in [0, 0.05) is 6.42 Å². The summed E-state index contributed by atoms with van der Waals surface area (Å²) in [5.41, 5.74) is 0. The van der Waals surface area contributed by atoms with Gasteiger partial charge in [-0.1, -0.05) is 58.3 Å². The summed E-state index contributed by atoms with van der Waals surface area (Å²) in [5.74, 6) is 0. The summed E-state index contributed by atoms with van der Waals surface area (Å²) in [7, 11) is -4.70. The van der Waals surface area contributed by atoms with Gasteiger partial charge in [-0.05, 0) is 6.42 Å². The van der Waals surface area contributed by atoms with Crippen LogP contribution in [0.2, 0.25) is 0 Å². The fraction of sp³-hybridized carbons (Fsp3) is 0.917. The summed E-state index contributed by atoms with van der Waals surface area (Å²) in [6.07, 6.45) is 9.62. The Labute approximate surface area is 133 Å². The first-order valence-electron chi connectivity index (χ1n) is 6.47. The summed E-state index contributed by atoms with van der Waals surface area (Å²) in [4.78, 5) is 10.8. The van der Waals surface area contributed by atoms with Crippen LogP contribution in [0.25, 0.3) is 0 Å². The molecule has 0 aromatic carbocycles. The average Bonchev–Trinajstić information content (AvgIpc) is 2.25. The SMILES string of the molecule is CCCCCCCCCCCC(=O)S(=O)(=O)[O-].[Na+]. The Bertz CT molecular complexity index is 301. The molecule has 0 atom stereocenters. The predicted octanol–water partition coefficient (Wildman–Crippen LogP) is -0.0169. The van der Waals surface area contributed by atoms with E-state index < -0.39 is 15.2 Å². The summed E-state index contributed by atoms with van der Waals surface area (Å²) < 4.78 is 30.9. The molecule has 0 saturated carbocycles. The molecule has 102 valence electrons. The summed E-state index contributed by atoms with van der Waals surface area (Å²) in [5, 5.41) is -1.17. The monoisotopic (exact) mass is 286 g/mol. The van der Waals surface area contributed by atoms with Crippen LogP contribution in [0.5, 0.6) is 0 Å². The summed E-state index contributed by atoms with van der Waals surface area (Å²) in [6, 6.07) is 0. The number of hydrogen-bond acceptors (Lipinski definition) is 4. The van der Waals surface area contributed by atoms with E-state index in [4.69, 9.17) is 0 Å². The largest absolute Gasteiger partial charge is 1.00 e. The number of carbonyl (C=O) groups is 1. The first-order valence-corrected chi connectivity index (χ1v) is 7.88. The van der Waals surface area contributed by atoms with Crippen LogP contribution >= 0.6 is 0 Å². The molecule has 4 nitrogen and oxygen atoms in total. The van der Waals surface area contributed by atoms with Crippen molar-refractivity contribution in [1.29, 1.82) is 0 Å². The quantitative estimate of drug-likeness (QED) is 0.321. The van der Waals surface area contributed by atoms with Crippen LogP contribution in [0.15, 0.2) is 0 Å². The van der Waals surface area contributed by atoms with E-state index in [0.29, 0.717) is 6.42 Å². The third kappa shape index (κ3) is 13.0. The normalized spacial score (nSPS) is 11.0. The van der Waals surface area contributed by atoms with Crippen LogP contribution < -0.4 is 29.6 Å². The Kier molecular flexibility index (Phi) is 14.6. The van der Waals surface area contributed by atoms with Gasteiger partial charge in [0.15, 0.2) is 10.1 Å². The van der Waals surface area contributed by atoms with E-state index in [0.717, 1.165) is 19.3 Å². The minimum Gasteiger partial charge on any atom is -0.742 e. The molecule has 0 N–H and O–H groups in total. The number of hydrogen-bond donors (Lipinski definition) is 0. The molecule has 0 aliphatic carbocycles. The Hall–Kier alpha value is 0.580. The topological polar surface area (TPSA) is 74.3 Å². The Balaban J connectivity index is 0. The van der Waals surface area contributed by atoms with Gasteiger partial charge in [0.1, 0.15) is 0 Å². The molecular weight excluding hydrogens is 263 g/mol. The van der Waals surface area contributed by atoms with E-state index in [-0.39, 0.29) is 36.0 Å². The van der Waals surface area contributed by atoms with E-state index in [1.165, 1.54) is 32.1 Å². The molecule has 0 aliphatic rings. The fourth-order valence-electron chi connectivity index (χ4n) is 1.70. The number of carbonyl (C=O) groups excluding carboxylic acids is 1. The van der Waals surface area contributed by atoms with Gasteiger partial charge in [0.05, 0.1) is 0 Å². The van der Waals surface area contributed by atoms with Crippen LogP contribution in [-0.2, 0) is 14.9 Å². The smallest absolute Gasteiger partial charge is 0.742 e. The minimum absolute atomic E-state index is 0. The molecule has 0 spiro atoms. The van der Waals surface area contributed by atoms with Gasteiger partial charge in [-0.15, -0.1) is 0 Å². The number of rotatable bonds is 10. The molecule has 0 radical (unpaired) electrons. The maximum absolute atomic E-state index is 10.8. The van der Waals surface area contributed by atoms with Crippen molar-refractivity contribution < 1.29 is 47.3 Å². The molecule has 0 fully saturated rings. The second kappa shape index (κ2) is 12.6. The predicted molar refractivity (Wildman–Crippen MR) is 66.5 cm³/mol. The molecular formula is C12H23NaO4S. The zero-order valence-corrected chi connectivity index (χ0v) is 14.4. The van der Waals surface area contributed by atoms with Crippen molar-refractivity contribution in [1.82, 2.24) is 0 Å². The second-order valence-electron chi connectivity index (χ2n) is 4.40. The Morgan fingerprint density at radius 2 is 1.28 bits per heavy atom. The molecule has 0 aromatic rings. The fourth-order valence-corrected chi connectivity index (χ4v) is 2.10. The first-order chi connectivity index (χ1) is 7.98. The van der Waals surface area contributed by atoms with Crippen molar-refractivity contribution in [3.63, 3.8) is 0 Å². The van der Waals surface area contributed by atoms with E-state index in [1.54, 1.807) is 0 Å². The third-order valence-electron chi connectivity index (χ3n) is 2.76. The Morgan fingerprint density at radius 1 is 0.889 bits per heavy atom. The van der Waals surface area contributed by atoms with Gasteiger partial charge >= 0.3 is 29.6 Å². The molecule has 0 bridgehead atoms. The molecule has 0 rings (SSSR count). The van der Waals surface area contributed by atoms with Gasteiger partial charge in [-0.3, -0.25) is 4.79 Å². The summed E-state index contributed by atoms with van der Waals surface area (Å²) in [6.45, 7) is 2.18. The van der Waals surface area contributed by atoms with Crippen molar-refractivity contribution in [2.75, 3.05) is 0 Å². The van der Waals surface area contributed by atoms with Gasteiger partial charge in [0.25, 0.3) is 0 Å². The van der Waals surface area contributed by atoms with Crippen LogP contribution in [-0.4, -0.2) is 18.1 Å². The van der Waals surface area contributed by atoms with Crippen molar-refractivity contribution in [2.24, 2.45) is 0 Å². The zero-order valence-electron chi connectivity index (χ0n) is 11.6.